The number of halogens is 1. The summed E-state index contributed by atoms with van der Waals surface area (Å²) in [6.07, 6.45) is 1.42. The van der Waals surface area contributed by atoms with Crippen molar-refractivity contribution in [1.29, 1.82) is 0 Å². The lowest BCUT2D eigenvalue weighted by molar-refractivity contribution is -0.122. The summed E-state index contributed by atoms with van der Waals surface area (Å²) < 4.78 is 11.3. The molecule has 1 fully saturated rings. The molecule has 4 amide bonds. The van der Waals surface area contributed by atoms with Crippen LogP contribution in [-0.4, -0.2) is 25.0 Å². The third kappa shape index (κ3) is 5.20. The Kier molecular flexibility index (Phi) is 6.89. The standard InChI is InChI=1S/C27H23ClN2O5/c1-16-4-5-17(2)23(12-16)30-26(32)22(25(31)29-27(30)33)13-19-8-11-21(34-3)14-24(19)35-15-18-6-9-20(28)10-7-18/h4-14H,15H2,1-3H3,(H,29,31,33)/b22-13+. The zero-order valence-electron chi connectivity index (χ0n) is 19.4. The van der Waals surface area contributed by atoms with E-state index in [9.17, 15) is 14.4 Å². The van der Waals surface area contributed by atoms with Gasteiger partial charge in [0.1, 0.15) is 23.7 Å². The molecule has 3 aromatic rings. The number of aryl methyl sites for hydroxylation is 2. The number of rotatable bonds is 6. The van der Waals surface area contributed by atoms with Gasteiger partial charge in [-0.2, -0.15) is 0 Å². The van der Waals surface area contributed by atoms with Crippen LogP contribution in [0.1, 0.15) is 22.3 Å². The van der Waals surface area contributed by atoms with Crippen LogP contribution in [0.4, 0.5) is 10.5 Å². The highest BCUT2D eigenvalue weighted by Gasteiger charge is 2.37. The first-order valence-electron chi connectivity index (χ1n) is 10.8. The zero-order valence-corrected chi connectivity index (χ0v) is 20.2. The topological polar surface area (TPSA) is 84.9 Å². The van der Waals surface area contributed by atoms with E-state index in [0.29, 0.717) is 27.8 Å². The van der Waals surface area contributed by atoms with Gasteiger partial charge in [0.25, 0.3) is 11.8 Å². The highest BCUT2D eigenvalue weighted by Crippen LogP contribution is 2.30. The summed E-state index contributed by atoms with van der Waals surface area (Å²) in [6.45, 7) is 3.88. The van der Waals surface area contributed by atoms with Crippen LogP contribution in [0.5, 0.6) is 11.5 Å². The van der Waals surface area contributed by atoms with E-state index >= 15 is 0 Å². The van der Waals surface area contributed by atoms with Gasteiger partial charge in [0.05, 0.1) is 12.8 Å². The number of methoxy groups -OCH3 is 1. The average Bonchev–Trinajstić information content (AvgIpc) is 2.83. The molecule has 178 valence electrons. The number of carbonyl (C=O) groups is 3. The van der Waals surface area contributed by atoms with E-state index < -0.39 is 17.8 Å². The first-order chi connectivity index (χ1) is 16.8. The quantitative estimate of drug-likeness (QED) is 0.378. The van der Waals surface area contributed by atoms with E-state index in [1.807, 2.05) is 31.2 Å². The van der Waals surface area contributed by atoms with E-state index in [2.05, 4.69) is 5.32 Å². The Bertz CT molecular complexity index is 1350. The van der Waals surface area contributed by atoms with Gasteiger partial charge in [-0.05, 0) is 66.9 Å². The van der Waals surface area contributed by atoms with Crippen LogP contribution in [0.25, 0.3) is 6.08 Å². The number of imide groups is 2. The lowest BCUT2D eigenvalue weighted by Crippen LogP contribution is -2.54. The average molecular weight is 491 g/mol. The number of nitrogens with one attached hydrogen (secondary N) is 1. The molecule has 1 aliphatic heterocycles. The van der Waals surface area contributed by atoms with Crippen LogP contribution in [0.2, 0.25) is 5.02 Å². The maximum atomic E-state index is 13.4. The molecule has 0 atom stereocenters. The summed E-state index contributed by atoms with van der Waals surface area (Å²) in [5.74, 6) is -0.541. The number of carbonyl (C=O) groups excluding carboxylic acids is 3. The Morgan fingerprint density at radius 1 is 0.971 bits per heavy atom. The minimum atomic E-state index is -0.792. The van der Waals surface area contributed by atoms with E-state index in [0.717, 1.165) is 21.6 Å². The summed E-state index contributed by atoms with van der Waals surface area (Å²) in [7, 11) is 1.53. The molecular weight excluding hydrogens is 468 g/mol. The van der Waals surface area contributed by atoms with Gasteiger partial charge in [-0.1, -0.05) is 35.9 Å². The van der Waals surface area contributed by atoms with Gasteiger partial charge in [-0.15, -0.1) is 0 Å². The predicted octanol–water partition coefficient (Wildman–Crippen LogP) is 5.21. The van der Waals surface area contributed by atoms with Gasteiger partial charge in [-0.25, -0.2) is 9.69 Å². The lowest BCUT2D eigenvalue weighted by atomic mass is 10.0. The van der Waals surface area contributed by atoms with Crippen molar-refractivity contribution < 1.29 is 23.9 Å². The van der Waals surface area contributed by atoms with Crippen LogP contribution >= 0.6 is 11.6 Å². The van der Waals surface area contributed by atoms with Crippen molar-refractivity contribution in [3.63, 3.8) is 0 Å². The largest absolute Gasteiger partial charge is 0.497 e. The van der Waals surface area contributed by atoms with Crippen molar-refractivity contribution in [3.8, 4) is 11.5 Å². The molecule has 1 heterocycles. The number of ether oxygens (including phenoxy) is 2. The van der Waals surface area contributed by atoms with Crippen molar-refractivity contribution >= 4 is 41.2 Å². The molecule has 0 aliphatic carbocycles. The van der Waals surface area contributed by atoms with Crippen molar-refractivity contribution in [2.45, 2.75) is 20.5 Å². The van der Waals surface area contributed by atoms with E-state index in [1.165, 1.54) is 13.2 Å². The molecule has 0 spiro atoms. The Balaban J connectivity index is 1.70. The molecule has 0 radical (unpaired) electrons. The van der Waals surface area contributed by atoms with Gasteiger partial charge in [-0.3, -0.25) is 14.9 Å². The van der Waals surface area contributed by atoms with Crippen LogP contribution in [0.3, 0.4) is 0 Å². The monoisotopic (exact) mass is 490 g/mol. The molecule has 0 saturated carbocycles. The minimum Gasteiger partial charge on any atom is -0.497 e. The third-order valence-corrected chi connectivity index (χ3v) is 5.79. The number of anilines is 1. The van der Waals surface area contributed by atoms with Gasteiger partial charge < -0.3 is 9.47 Å². The first kappa shape index (κ1) is 24.0. The first-order valence-corrected chi connectivity index (χ1v) is 11.2. The second-order valence-electron chi connectivity index (χ2n) is 8.07. The predicted molar refractivity (Wildman–Crippen MR) is 134 cm³/mol. The van der Waals surface area contributed by atoms with Crippen molar-refractivity contribution in [2.75, 3.05) is 12.0 Å². The van der Waals surface area contributed by atoms with Crippen molar-refractivity contribution in [3.05, 3.63) is 93.5 Å². The maximum Gasteiger partial charge on any atom is 0.335 e. The molecular formula is C27H23ClN2O5. The second kappa shape index (κ2) is 10.0. The fourth-order valence-corrected chi connectivity index (χ4v) is 3.75. The fraction of sp³-hybridized carbons (Fsp3) is 0.148. The second-order valence-corrected chi connectivity index (χ2v) is 8.50. The normalized spacial score (nSPS) is 14.8. The molecule has 7 nitrogen and oxygen atoms in total. The van der Waals surface area contributed by atoms with Crippen LogP contribution in [0, 0.1) is 13.8 Å². The summed E-state index contributed by atoms with van der Waals surface area (Å²) in [4.78, 5) is 39.6. The van der Waals surface area contributed by atoms with Gasteiger partial charge in [0.2, 0.25) is 0 Å². The molecule has 4 rings (SSSR count). The molecule has 1 N–H and O–H groups in total. The lowest BCUT2D eigenvalue weighted by Gasteiger charge is -2.28. The molecule has 35 heavy (non-hydrogen) atoms. The molecule has 0 bridgehead atoms. The molecule has 1 aliphatic rings. The maximum absolute atomic E-state index is 13.4. The van der Waals surface area contributed by atoms with E-state index in [1.54, 1.807) is 43.3 Å². The Hall–Kier alpha value is -4.10. The number of benzene rings is 3. The highest BCUT2D eigenvalue weighted by atomic mass is 35.5. The number of hydrogen-bond donors (Lipinski definition) is 1. The van der Waals surface area contributed by atoms with Gasteiger partial charge >= 0.3 is 6.03 Å². The van der Waals surface area contributed by atoms with Crippen molar-refractivity contribution in [1.82, 2.24) is 5.32 Å². The van der Waals surface area contributed by atoms with E-state index in [-0.39, 0.29) is 12.2 Å². The number of amides is 4. The fourth-order valence-electron chi connectivity index (χ4n) is 3.62. The summed E-state index contributed by atoms with van der Waals surface area (Å²) >= 11 is 5.95. The van der Waals surface area contributed by atoms with Gasteiger partial charge in [0.15, 0.2) is 0 Å². The molecule has 0 aromatic heterocycles. The Morgan fingerprint density at radius 2 is 1.71 bits per heavy atom. The van der Waals surface area contributed by atoms with Gasteiger partial charge in [0, 0.05) is 16.7 Å². The number of urea groups is 1. The molecule has 8 heteroatoms. The number of nitrogens with zero attached hydrogens (tertiary/aromatic N) is 1. The summed E-state index contributed by atoms with van der Waals surface area (Å²) in [6, 6.07) is 16.9. The third-order valence-electron chi connectivity index (χ3n) is 5.54. The van der Waals surface area contributed by atoms with Crippen LogP contribution in [-0.2, 0) is 16.2 Å². The molecule has 1 saturated heterocycles. The van der Waals surface area contributed by atoms with Crippen LogP contribution in [0.15, 0.2) is 66.2 Å². The minimum absolute atomic E-state index is 0.188. The Morgan fingerprint density at radius 3 is 2.43 bits per heavy atom. The summed E-state index contributed by atoms with van der Waals surface area (Å²) in [5.41, 5.74) is 3.19. The van der Waals surface area contributed by atoms with Crippen LogP contribution < -0.4 is 19.7 Å². The zero-order chi connectivity index (χ0) is 25.1. The number of barbiturate groups is 1. The number of hydrogen-bond acceptors (Lipinski definition) is 5. The SMILES string of the molecule is COc1ccc(/C=C2\C(=O)NC(=O)N(c3cc(C)ccc3C)C2=O)c(OCc2ccc(Cl)cc2)c1. The van der Waals surface area contributed by atoms with E-state index in [4.69, 9.17) is 21.1 Å². The Labute approximate surface area is 207 Å². The molecule has 0 unspecified atom stereocenters. The smallest absolute Gasteiger partial charge is 0.335 e. The highest BCUT2D eigenvalue weighted by molar-refractivity contribution is 6.39. The molecule has 3 aromatic carbocycles. The van der Waals surface area contributed by atoms with Crippen molar-refractivity contribution in [2.24, 2.45) is 0 Å². The summed E-state index contributed by atoms with van der Waals surface area (Å²) in [5, 5.41) is 2.88.